The van der Waals surface area contributed by atoms with E-state index in [1.165, 1.54) is 12.1 Å². The SMILES string of the molecule is Cc1noc(C)c1-c1ccc(O)c(F)c1. The Morgan fingerprint density at radius 1 is 1.33 bits per heavy atom. The molecule has 0 atom stereocenters. The van der Waals surface area contributed by atoms with Gasteiger partial charge in [0.2, 0.25) is 0 Å². The molecule has 1 aromatic carbocycles. The van der Waals surface area contributed by atoms with Crippen LogP contribution in [-0.4, -0.2) is 10.3 Å². The quantitative estimate of drug-likeness (QED) is 0.782. The molecule has 2 aromatic rings. The number of hydrogen-bond donors (Lipinski definition) is 1. The van der Waals surface area contributed by atoms with Gasteiger partial charge < -0.3 is 9.63 Å². The van der Waals surface area contributed by atoms with E-state index in [4.69, 9.17) is 9.63 Å². The largest absolute Gasteiger partial charge is 0.505 e. The normalized spacial score (nSPS) is 10.6. The van der Waals surface area contributed by atoms with Crippen molar-refractivity contribution in [2.24, 2.45) is 0 Å². The van der Waals surface area contributed by atoms with Gasteiger partial charge in [-0.2, -0.15) is 0 Å². The second-order valence-corrected chi connectivity index (χ2v) is 3.37. The fourth-order valence-corrected chi connectivity index (χ4v) is 1.56. The van der Waals surface area contributed by atoms with Crippen LogP contribution in [0.15, 0.2) is 22.7 Å². The van der Waals surface area contributed by atoms with Gasteiger partial charge in [0.1, 0.15) is 5.76 Å². The third-order valence-corrected chi connectivity index (χ3v) is 2.27. The van der Waals surface area contributed by atoms with Crippen molar-refractivity contribution in [3.63, 3.8) is 0 Å². The Labute approximate surface area is 86.1 Å². The van der Waals surface area contributed by atoms with Crippen molar-refractivity contribution in [2.75, 3.05) is 0 Å². The number of aromatic hydroxyl groups is 1. The topological polar surface area (TPSA) is 46.3 Å². The van der Waals surface area contributed by atoms with Gasteiger partial charge in [-0.25, -0.2) is 4.39 Å². The monoisotopic (exact) mass is 207 g/mol. The van der Waals surface area contributed by atoms with E-state index in [0.717, 1.165) is 5.56 Å². The third kappa shape index (κ3) is 1.58. The van der Waals surface area contributed by atoms with Crippen LogP contribution in [0.1, 0.15) is 11.5 Å². The molecule has 0 saturated heterocycles. The van der Waals surface area contributed by atoms with Gasteiger partial charge in [-0.1, -0.05) is 11.2 Å². The predicted molar refractivity (Wildman–Crippen MR) is 53.0 cm³/mol. The van der Waals surface area contributed by atoms with Crippen molar-refractivity contribution in [1.82, 2.24) is 5.16 Å². The highest BCUT2D eigenvalue weighted by Crippen LogP contribution is 2.29. The van der Waals surface area contributed by atoms with Crippen LogP contribution in [0.4, 0.5) is 4.39 Å². The van der Waals surface area contributed by atoms with Gasteiger partial charge >= 0.3 is 0 Å². The molecule has 4 heteroatoms. The standard InChI is InChI=1S/C11H10FNO2/c1-6-11(7(2)15-13-6)8-3-4-10(14)9(12)5-8/h3-5,14H,1-2H3. The Bertz CT molecular complexity index is 486. The Morgan fingerprint density at radius 2 is 2.07 bits per heavy atom. The molecular formula is C11H10FNO2. The van der Waals surface area contributed by atoms with E-state index in [-0.39, 0.29) is 5.75 Å². The first-order chi connectivity index (χ1) is 7.09. The van der Waals surface area contributed by atoms with E-state index in [9.17, 15) is 4.39 Å². The number of nitrogens with zero attached hydrogens (tertiary/aromatic N) is 1. The molecular weight excluding hydrogens is 197 g/mol. The first-order valence-electron chi connectivity index (χ1n) is 4.51. The summed E-state index contributed by atoms with van der Waals surface area (Å²) in [6.45, 7) is 3.55. The number of hydrogen-bond acceptors (Lipinski definition) is 3. The Balaban J connectivity index is 2.59. The second-order valence-electron chi connectivity index (χ2n) is 3.37. The molecule has 0 aliphatic carbocycles. The number of phenols is 1. The number of phenolic OH excluding ortho intramolecular Hbond substituents is 1. The summed E-state index contributed by atoms with van der Waals surface area (Å²) >= 11 is 0. The third-order valence-electron chi connectivity index (χ3n) is 2.27. The minimum atomic E-state index is -0.646. The number of aromatic nitrogens is 1. The van der Waals surface area contributed by atoms with E-state index in [1.54, 1.807) is 19.9 Å². The van der Waals surface area contributed by atoms with Crippen molar-refractivity contribution >= 4 is 0 Å². The van der Waals surface area contributed by atoms with Crippen LogP contribution in [0.3, 0.4) is 0 Å². The zero-order chi connectivity index (χ0) is 11.0. The van der Waals surface area contributed by atoms with Crippen LogP contribution in [0, 0.1) is 19.7 Å². The highest BCUT2D eigenvalue weighted by molar-refractivity contribution is 5.68. The number of aryl methyl sites for hydroxylation is 2. The molecule has 1 N–H and O–H groups in total. The molecule has 1 heterocycles. The summed E-state index contributed by atoms with van der Waals surface area (Å²) in [6, 6.07) is 4.21. The zero-order valence-corrected chi connectivity index (χ0v) is 8.41. The molecule has 0 unspecified atom stereocenters. The molecule has 2 rings (SSSR count). The molecule has 3 nitrogen and oxygen atoms in total. The molecule has 15 heavy (non-hydrogen) atoms. The molecule has 0 amide bonds. The molecule has 0 spiro atoms. The molecule has 0 radical (unpaired) electrons. The van der Waals surface area contributed by atoms with Crippen molar-refractivity contribution in [3.05, 3.63) is 35.5 Å². The van der Waals surface area contributed by atoms with Crippen LogP contribution >= 0.6 is 0 Å². The van der Waals surface area contributed by atoms with Crippen LogP contribution in [0.5, 0.6) is 5.75 Å². The maximum absolute atomic E-state index is 13.1. The van der Waals surface area contributed by atoms with Gasteiger partial charge in [-0.15, -0.1) is 0 Å². The van der Waals surface area contributed by atoms with Gasteiger partial charge in [-0.05, 0) is 31.5 Å². The molecule has 1 aromatic heterocycles. The van der Waals surface area contributed by atoms with E-state index in [0.29, 0.717) is 17.0 Å². The smallest absolute Gasteiger partial charge is 0.165 e. The number of benzene rings is 1. The maximum atomic E-state index is 13.1. The molecule has 0 aliphatic rings. The van der Waals surface area contributed by atoms with Gasteiger partial charge in [-0.3, -0.25) is 0 Å². The highest BCUT2D eigenvalue weighted by atomic mass is 19.1. The van der Waals surface area contributed by atoms with Crippen LogP contribution in [-0.2, 0) is 0 Å². The van der Waals surface area contributed by atoms with Crippen molar-refractivity contribution < 1.29 is 14.0 Å². The Morgan fingerprint density at radius 3 is 2.60 bits per heavy atom. The van der Waals surface area contributed by atoms with Crippen LogP contribution in [0.2, 0.25) is 0 Å². The highest BCUT2D eigenvalue weighted by Gasteiger charge is 2.12. The van der Waals surface area contributed by atoms with E-state index in [1.807, 2.05) is 0 Å². The molecule has 0 fully saturated rings. The fraction of sp³-hybridized carbons (Fsp3) is 0.182. The average molecular weight is 207 g/mol. The lowest BCUT2D eigenvalue weighted by molar-refractivity contribution is 0.393. The van der Waals surface area contributed by atoms with E-state index >= 15 is 0 Å². The van der Waals surface area contributed by atoms with Gasteiger partial charge in [0, 0.05) is 5.56 Å². The van der Waals surface area contributed by atoms with Gasteiger partial charge in [0.25, 0.3) is 0 Å². The summed E-state index contributed by atoms with van der Waals surface area (Å²) in [5.41, 5.74) is 2.13. The predicted octanol–water partition coefficient (Wildman–Crippen LogP) is 2.80. The van der Waals surface area contributed by atoms with Crippen LogP contribution in [0.25, 0.3) is 11.1 Å². The lowest BCUT2D eigenvalue weighted by Crippen LogP contribution is -1.84. The van der Waals surface area contributed by atoms with E-state index < -0.39 is 5.82 Å². The minimum absolute atomic E-state index is 0.356. The molecule has 0 bridgehead atoms. The van der Waals surface area contributed by atoms with Gasteiger partial charge in [0.05, 0.1) is 5.69 Å². The van der Waals surface area contributed by atoms with Crippen molar-refractivity contribution in [3.8, 4) is 16.9 Å². The molecule has 78 valence electrons. The second kappa shape index (κ2) is 3.38. The summed E-state index contributed by atoms with van der Waals surface area (Å²) in [5, 5.41) is 12.9. The summed E-state index contributed by atoms with van der Waals surface area (Å²) < 4.78 is 18.1. The van der Waals surface area contributed by atoms with Crippen LogP contribution < -0.4 is 0 Å². The van der Waals surface area contributed by atoms with Gasteiger partial charge in [0.15, 0.2) is 11.6 Å². The fourth-order valence-electron chi connectivity index (χ4n) is 1.56. The summed E-state index contributed by atoms with van der Waals surface area (Å²) in [6.07, 6.45) is 0. The molecule has 0 saturated carbocycles. The van der Waals surface area contributed by atoms with E-state index in [2.05, 4.69) is 5.16 Å². The molecule has 0 aliphatic heterocycles. The first kappa shape index (κ1) is 9.71. The lowest BCUT2D eigenvalue weighted by atomic mass is 10.0. The summed E-state index contributed by atoms with van der Waals surface area (Å²) in [7, 11) is 0. The van der Waals surface area contributed by atoms with Crippen molar-refractivity contribution in [1.29, 1.82) is 0 Å². The summed E-state index contributed by atoms with van der Waals surface area (Å²) in [5.74, 6) is -0.365. The summed E-state index contributed by atoms with van der Waals surface area (Å²) in [4.78, 5) is 0. The zero-order valence-electron chi connectivity index (χ0n) is 8.41. The maximum Gasteiger partial charge on any atom is 0.165 e. The Kier molecular flexibility index (Phi) is 2.19. The number of rotatable bonds is 1. The average Bonchev–Trinajstić information content (AvgIpc) is 2.52. The Hall–Kier alpha value is -1.84. The minimum Gasteiger partial charge on any atom is -0.505 e. The number of halogens is 1. The lowest BCUT2D eigenvalue weighted by Gasteiger charge is -2.01. The van der Waals surface area contributed by atoms with Crippen molar-refractivity contribution in [2.45, 2.75) is 13.8 Å². The first-order valence-corrected chi connectivity index (χ1v) is 4.51.